The highest BCUT2D eigenvalue weighted by Crippen LogP contribution is 2.39. The summed E-state index contributed by atoms with van der Waals surface area (Å²) in [6.45, 7) is 0.313. The molecule has 0 aliphatic heterocycles. The first kappa shape index (κ1) is 14.9. The number of alkyl halides is 3. The molecule has 1 aromatic heterocycles. The molecule has 1 heterocycles. The van der Waals surface area contributed by atoms with Crippen molar-refractivity contribution in [3.63, 3.8) is 0 Å². The minimum absolute atomic E-state index is 0.106. The van der Waals surface area contributed by atoms with E-state index in [1.807, 2.05) is 0 Å². The van der Waals surface area contributed by atoms with E-state index in [1.54, 1.807) is 17.7 Å². The second-order valence-corrected chi connectivity index (χ2v) is 5.20. The van der Waals surface area contributed by atoms with Crippen molar-refractivity contribution in [2.45, 2.75) is 22.6 Å². The summed E-state index contributed by atoms with van der Waals surface area (Å²) in [6, 6.07) is 4.25. The summed E-state index contributed by atoms with van der Waals surface area (Å²) in [5, 5.41) is 7.84. The Labute approximate surface area is 118 Å². The molecule has 4 nitrogen and oxygen atoms in total. The fourth-order valence-electron chi connectivity index (χ4n) is 1.67. The van der Waals surface area contributed by atoms with E-state index in [9.17, 15) is 13.2 Å². The van der Waals surface area contributed by atoms with Crippen LogP contribution in [0.15, 0.2) is 34.6 Å². The minimum atomic E-state index is -4.41. The molecule has 0 saturated carbocycles. The summed E-state index contributed by atoms with van der Waals surface area (Å²) in [6.07, 6.45) is -2.55. The summed E-state index contributed by atoms with van der Waals surface area (Å²) >= 11 is 0.939. The zero-order valence-corrected chi connectivity index (χ0v) is 11.5. The van der Waals surface area contributed by atoms with Crippen molar-refractivity contribution in [3.8, 4) is 0 Å². The molecule has 0 radical (unpaired) electrons. The van der Waals surface area contributed by atoms with Crippen LogP contribution in [0.5, 0.6) is 0 Å². The van der Waals surface area contributed by atoms with E-state index in [0.717, 1.165) is 17.8 Å². The molecule has 8 heteroatoms. The Balaban J connectivity index is 2.39. The van der Waals surface area contributed by atoms with Gasteiger partial charge in [-0.25, -0.2) is 0 Å². The van der Waals surface area contributed by atoms with E-state index in [-0.39, 0.29) is 4.90 Å². The molecule has 2 N–H and O–H groups in total. The molecular weight excluding hydrogens is 289 g/mol. The molecule has 0 spiro atoms. The lowest BCUT2D eigenvalue weighted by Crippen LogP contribution is -2.09. The van der Waals surface area contributed by atoms with Crippen LogP contribution in [0.4, 0.5) is 13.2 Å². The number of nitrogens with two attached hydrogens (primary N) is 1. The highest BCUT2D eigenvalue weighted by atomic mass is 32.2. The van der Waals surface area contributed by atoms with Gasteiger partial charge in [0.1, 0.15) is 6.33 Å². The normalized spacial score (nSPS) is 11.8. The van der Waals surface area contributed by atoms with Crippen molar-refractivity contribution in [2.24, 2.45) is 12.8 Å². The summed E-state index contributed by atoms with van der Waals surface area (Å²) < 4.78 is 40.9. The summed E-state index contributed by atoms with van der Waals surface area (Å²) in [5.74, 6) is 0. The lowest BCUT2D eigenvalue weighted by atomic mass is 10.1. The van der Waals surface area contributed by atoms with Gasteiger partial charge >= 0.3 is 6.18 Å². The Hall–Kier alpha value is -1.54. The van der Waals surface area contributed by atoms with Gasteiger partial charge in [-0.1, -0.05) is 6.07 Å². The summed E-state index contributed by atoms with van der Waals surface area (Å²) in [7, 11) is 1.68. The third-order valence-corrected chi connectivity index (χ3v) is 3.78. The molecular formula is C12H13F3N4S. The molecule has 108 valence electrons. The van der Waals surface area contributed by atoms with Crippen LogP contribution >= 0.6 is 11.8 Å². The highest BCUT2D eigenvalue weighted by molar-refractivity contribution is 7.99. The number of hydrogen-bond acceptors (Lipinski definition) is 4. The van der Waals surface area contributed by atoms with Crippen molar-refractivity contribution in [3.05, 3.63) is 35.7 Å². The van der Waals surface area contributed by atoms with Crippen LogP contribution in [0, 0.1) is 0 Å². The van der Waals surface area contributed by atoms with Crippen molar-refractivity contribution in [2.75, 3.05) is 6.54 Å². The van der Waals surface area contributed by atoms with E-state index in [4.69, 9.17) is 5.73 Å². The molecule has 0 amide bonds. The predicted molar refractivity (Wildman–Crippen MR) is 69.3 cm³/mol. The van der Waals surface area contributed by atoms with E-state index in [1.165, 1.54) is 12.4 Å². The molecule has 2 aromatic rings. The van der Waals surface area contributed by atoms with Crippen molar-refractivity contribution >= 4 is 11.8 Å². The first-order valence-corrected chi connectivity index (χ1v) is 6.65. The number of benzene rings is 1. The van der Waals surface area contributed by atoms with Crippen LogP contribution in [0.3, 0.4) is 0 Å². The van der Waals surface area contributed by atoms with E-state index < -0.39 is 11.7 Å². The maximum Gasteiger partial charge on any atom is 0.417 e. The van der Waals surface area contributed by atoms with E-state index in [0.29, 0.717) is 23.7 Å². The lowest BCUT2D eigenvalue weighted by molar-refractivity contribution is -0.139. The van der Waals surface area contributed by atoms with Crippen LogP contribution in [-0.2, 0) is 19.6 Å². The number of aryl methyl sites for hydroxylation is 1. The Bertz CT molecular complexity index is 595. The Kier molecular flexibility index (Phi) is 4.34. The van der Waals surface area contributed by atoms with Gasteiger partial charge in [-0.15, -0.1) is 10.2 Å². The average molecular weight is 302 g/mol. The summed E-state index contributed by atoms with van der Waals surface area (Å²) in [5.41, 5.74) is 5.28. The smallest absolute Gasteiger partial charge is 0.330 e. The molecule has 0 bridgehead atoms. The maximum atomic E-state index is 13.1. The van der Waals surface area contributed by atoms with Gasteiger partial charge in [-0.05, 0) is 42.4 Å². The second kappa shape index (κ2) is 5.84. The Morgan fingerprint density at radius 2 is 2.10 bits per heavy atom. The zero-order chi connectivity index (χ0) is 14.8. The molecule has 0 unspecified atom stereocenters. The quantitative estimate of drug-likeness (QED) is 0.942. The van der Waals surface area contributed by atoms with Crippen LogP contribution < -0.4 is 5.73 Å². The third kappa shape index (κ3) is 3.31. The molecule has 0 aliphatic carbocycles. The predicted octanol–water partition coefficient (Wildman–Crippen LogP) is 2.49. The maximum absolute atomic E-state index is 13.1. The fraction of sp³-hybridized carbons (Fsp3) is 0.333. The molecule has 2 rings (SSSR count). The van der Waals surface area contributed by atoms with Gasteiger partial charge in [0.15, 0.2) is 5.16 Å². The molecule has 20 heavy (non-hydrogen) atoms. The van der Waals surface area contributed by atoms with Crippen LogP contribution in [-0.4, -0.2) is 21.3 Å². The number of halogens is 3. The standard InChI is InChI=1S/C12H13F3N4S/c1-19-7-17-18-11(19)20-10-3-2-8(4-5-16)6-9(10)12(13,14)15/h2-3,6-7H,4-5,16H2,1H3. The molecule has 0 fully saturated rings. The number of rotatable bonds is 4. The third-order valence-electron chi connectivity index (χ3n) is 2.65. The average Bonchev–Trinajstić information content (AvgIpc) is 2.76. The largest absolute Gasteiger partial charge is 0.417 e. The zero-order valence-electron chi connectivity index (χ0n) is 10.7. The summed E-state index contributed by atoms with van der Waals surface area (Å²) in [4.78, 5) is 0.106. The Morgan fingerprint density at radius 1 is 1.35 bits per heavy atom. The number of nitrogens with zero attached hydrogens (tertiary/aromatic N) is 3. The Morgan fingerprint density at radius 3 is 2.65 bits per heavy atom. The lowest BCUT2D eigenvalue weighted by Gasteiger charge is -2.13. The number of aromatic nitrogens is 3. The molecule has 0 atom stereocenters. The second-order valence-electron chi connectivity index (χ2n) is 4.19. The molecule has 1 aromatic carbocycles. The van der Waals surface area contributed by atoms with Crippen molar-refractivity contribution in [1.82, 2.24) is 14.8 Å². The van der Waals surface area contributed by atoms with Crippen LogP contribution in [0.1, 0.15) is 11.1 Å². The highest BCUT2D eigenvalue weighted by Gasteiger charge is 2.34. The van der Waals surface area contributed by atoms with Gasteiger partial charge in [0.2, 0.25) is 0 Å². The van der Waals surface area contributed by atoms with Gasteiger partial charge in [-0.2, -0.15) is 13.2 Å². The van der Waals surface area contributed by atoms with Crippen LogP contribution in [0.25, 0.3) is 0 Å². The molecule has 0 aliphatic rings. The van der Waals surface area contributed by atoms with Gasteiger partial charge < -0.3 is 10.3 Å². The van der Waals surface area contributed by atoms with Crippen LogP contribution in [0.2, 0.25) is 0 Å². The molecule has 0 saturated heterocycles. The SMILES string of the molecule is Cn1cnnc1Sc1ccc(CCN)cc1C(F)(F)F. The monoisotopic (exact) mass is 302 g/mol. The van der Waals surface area contributed by atoms with Crippen molar-refractivity contribution < 1.29 is 13.2 Å². The first-order chi connectivity index (χ1) is 9.41. The fourth-order valence-corrected chi connectivity index (χ4v) is 2.57. The van der Waals surface area contributed by atoms with Gasteiger partial charge in [0.05, 0.1) is 5.56 Å². The van der Waals surface area contributed by atoms with E-state index >= 15 is 0 Å². The van der Waals surface area contributed by atoms with Gasteiger partial charge in [0.25, 0.3) is 0 Å². The van der Waals surface area contributed by atoms with E-state index in [2.05, 4.69) is 10.2 Å². The topological polar surface area (TPSA) is 56.7 Å². The van der Waals surface area contributed by atoms with Gasteiger partial charge in [0, 0.05) is 11.9 Å². The number of hydrogen-bond donors (Lipinski definition) is 1. The minimum Gasteiger partial charge on any atom is -0.330 e. The van der Waals surface area contributed by atoms with Crippen molar-refractivity contribution in [1.29, 1.82) is 0 Å². The van der Waals surface area contributed by atoms with Gasteiger partial charge in [-0.3, -0.25) is 0 Å². The first-order valence-electron chi connectivity index (χ1n) is 5.84.